The molecule has 0 amide bonds. The van der Waals surface area contributed by atoms with Crippen molar-refractivity contribution in [3.05, 3.63) is 52.2 Å². The van der Waals surface area contributed by atoms with Crippen LogP contribution in [0.25, 0.3) is 0 Å². The highest BCUT2D eigenvalue weighted by molar-refractivity contribution is 7.09. The molecule has 0 saturated carbocycles. The molecule has 2 nitrogen and oxygen atoms in total. The Morgan fingerprint density at radius 3 is 2.50 bits per heavy atom. The lowest BCUT2D eigenvalue weighted by Crippen LogP contribution is -2.20. The van der Waals surface area contributed by atoms with E-state index in [0.29, 0.717) is 0 Å². The Morgan fingerprint density at radius 1 is 1.22 bits per heavy atom. The van der Waals surface area contributed by atoms with Crippen LogP contribution in [0, 0.1) is 0 Å². The van der Waals surface area contributed by atoms with Crippen molar-refractivity contribution in [1.82, 2.24) is 0 Å². The predicted molar refractivity (Wildman–Crippen MR) is 80.3 cm³/mol. The number of nitrogens with zero attached hydrogens (tertiary/aromatic N) is 1. The summed E-state index contributed by atoms with van der Waals surface area (Å²) >= 11 is 1.82. The molecular formula is C15H20N2S. The molecule has 1 atom stereocenters. The first-order valence-corrected chi connectivity index (χ1v) is 7.14. The third-order valence-corrected chi connectivity index (χ3v) is 4.07. The van der Waals surface area contributed by atoms with Crippen molar-refractivity contribution in [2.24, 2.45) is 5.73 Å². The SMILES string of the molecule is C[C@H](N)c1ccc(N(C)CCc2cccs2)cc1. The molecule has 96 valence electrons. The van der Waals surface area contributed by atoms with Crippen molar-refractivity contribution in [2.45, 2.75) is 19.4 Å². The van der Waals surface area contributed by atoms with Gasteiger partial charge in [-0.3, -0.25) is 0 Å². The summed E-state index contributed by atoms with van der Waals surface area (Å²) in [7, 11) is 2.13. The molecule has 18 heavy (non-hydrogen) atoms. The molecule has 0 radical (unpaired) electrons. The number of hydrogen-bond acceptors (Lipinski definition) is 3. The Hall–Kier alpha value is -1.32. The minimum Gasteiger partial charge on any atom is -0.374 e. The Balaban J connectivity index is 1.94. The van der Waals surface area contributed by atoms with E-state index in [-0.39, 0.29) is 6.04 Å². The van der Waals surface area contributed by atoms with Gasteiger partial charge in [0, 0.05) is 30.2 Å². The molecule has 0 spiro atoms. The maximum atomic E-state index is 5.85. The van der Waals surface area contributed by atoms with Gasteiger partial charge in [-0.25, -0.2) is 0 Å². The predicted octanol–water partition coefficient (Wildman–Crippen LogP) is 3.45. The van der Waals surface area contributed by atoms with Crippen LogP contribution in [0.2, 0.25) is 0 Å². The summed E-state index contributed by atoms with van der Waals surface area (Å²) in [6.07, 6.45) is 1.10. The molecule has 2 N–H and O–H groups in total. The summed E-state index contributed by atoms with van der Waals surface area (Å²) in [5.41, 5.74) is 8.28. The second kappa shape index (κ2) is 6.03. The highest BCUT2D eigenvalue weighted by Crippen LogP contribution is 2.18. The zero-order chi connectivity index (χ0) is 13.0. The van der Waals surface area contributed by atoms with Crippen molar-refractivity contribution in [1.29, 1.82) is 0 Å². The minimum absolute atomic E-state index is 0.107. The van der Waals surface area contributed by atoms with Gasteiger partial charge < -0.3 is 10.6 Å². The smallest absolute Gasteiger partial charge is 0.0363 e. The number of hydrogen-bond donors (Lipinski definition) is 1. The van der Waals surface area contributed by atoms with Gasteiger partial charge in [0.25, 0.3) is 0 Å². The Morgan fingerprint density at radius 2 is 1.94 bits per heavy atom. The van der Waals surface area contributed by atoms with Gasteiger partial charge >= 0.3 is 0 Å². The molecule has 0 aliphatic rings. The molecule has 1 aromatic carbocycles. The van der Waals surface area contributed by atoms with Gasteiger partial charge in [-0.05, 0) is 42.5 Å². The van der Waals surface area contributed by atoms with E-state index in [0.717, 1.165) is 13.0 Å². The van der Waals surface area contributed by atoms with Crippen LogP contribution >= 0.6 is 11.3 Å². The van der Waals surface area contributed by atoms with E-state index in [1.54, 1.807) is 0 Å². The average molecular weight is 260 g/mol. The second-order valence-corrected chi connectivity index (χ2v) is 5.66. The number of thiophene rings is 1. The molecule has 0 fully saturated rings. The van der Waals surface area contributed by atoms with E-state index in [4.69, 9.17) is 5.73 Å². The fourth-order valence-electron chi connectivity index (χ4n) is 1.89. The largest absolute Gasteiger partial charge is 0.374 e. The van der Waals surface area contributed by atoms with Crippen LogP contribution in [0.1, 0.15) is 23.4 Å². The Kier molecular flexibility index (Phi) is 4.39. The zero-order valence-corrected chi connectivity index (χ0v) is 11.8. The molecule has 0 saturated heterocycles. The lowest BCUT2D eigenvalue weighted by Gasteiger charge is -2.19. The van der Waals surface area contributed by atoms with E-state index >= 15 is 0 Å². The van der Waals surface area contributed by atoms with Crippen molar-refractivity contribution in [3.8, 4) is 0 Å². The number of rotatable bonds is 5. The number of benzene rings is 1. The second-order valence-electron chi connectivity index (χ2n) is 4.63. The van der Waals surface area contributed by atoms with E-state index in [1.165, 1.54) is 16.1 Å². The van der Waals surface area contributed by atoms with E-state index in [9.17, 15) is 0 Å². The first-order chi connectivity index (χ1) is 8.66. The van der Waals surface area contributed by atoms with Gasteiger partial charge in [0.2, 0.25) is 0 Å². The normalized spacial score (nSPS) is 12.4. The van der Waals surface area contributed by atoms with Gasteiger partial charge in [0.05, 0.1) is 0 Å². The molecule has 2 rings (SSSR count). The molecule has 3 heteroatoms. The summed E-state index contributed by atoms with van der Waals surface area (Å²) in [6, 6.07) is 12.9. The minimum atomic E-state index is 0.107. The van der Waals surface area contributed by atoms with E-state index < -0.39 is 0 Å². The van der Waals surface area contributed by atoms with Crippen LogP contribution in [-0.4, -0.2) is 13.6 Å². The van der Waals surface area contributed by atoms with Crippen LogP contribution in [-0.2, 0) is 6.42 Å². The maximum Gasteiger partial charge on any atom is 0.0363 e. The number of nitrogens with two attached hydrogens (primary N) is 1. The molecule has 0 aliphatic heterocycles. The van der Waals surface area contributed by atoms with Gasteiger partial charge in [0.15, 0.2) is 0 Å². The quantitative estimate of drug-likeness (QED) is 0.892. The van der Waals surface area contributed by atoms with Gasteiger partial charge in [-0.2, -0.15) is 0 Å². The highest BCUT2D eigenvalue weighted by atomic mass is 32.1. The van der Waals surface area contributed by atoms with Gasteiger partial charge in [-0.15, -0.1) is 11.3 Å². The van der Waals surface area contributed by atoms with Crippen molar-refractivity contribution in [2.75, 3.05) is 18.5 Å². The molecule has 0 bridgehead atoms. The highest BCUT2D eigenvalue weighted by Gasteiger charge is 2.03. The summed E-state index contributed by atoms with van der Waals surface area (Å²) < 4.78 is 0. The van der Waals surface area contributed by atoms with E-state index in [1.807, 2.05) is 18.3 Å². The van der Waals surface area contributed by atoms with E-state index in [2.05, 4.69) is 53.7 Å². The van der Waals surface area contributed by atoms with Gasteiger partial charge in [0.1, 0.15) is 0 Å². The first-order valence-electron chi connectivity index (χ1n) is 6.26. The third-order valence-electron chi connectivity index (χ3n) is 3.13. The number of anilines is 1. The summed E-state index contributed by atoms with van der Waals surface area (Å²) in [5, 5.41) is 2.13. The fraction of sp³-hybridized carbons (Fsp3) is 0.333. The standard InChI is InChI=1S/C15H20N2S/c1-12(16)13-5-7-14(8-6-13)17(2)10-9-15-4-3-11-18-15/h3-8,11-12H,9-10,16H2,1-2H3/t12-/m0/s1. The zero-order valence-electron chi connectivity index (χ0n) is 11.0. The lowest BCUT2D eigenvalue weighted by atomic mass is 10.1. The summed E-state index contributed by atoms with van der Waals surface area (Å²) in [6.45, 7) is 3.05. The van der Waals surface area contributed by atoms with Crippen LogP contribution in [0.4, 0.5) is 5.69 Å². The molecule has 0 unspecified atom stereocenters. The molecule has 1 heterocycles. The monoisotopic (exact) mass is 260 g/mol. The van der Waals surface area contributed by atoms with Crippen molar-refractivity contribution < 1.29 is 0 Å². The molecule has 2 aromatic rings. The third kappa shape index (κ3) is 3.34. The van der Waals surface area contributed by atoms with Gasteiger partial charge in [-0.1, -0.05) is 18.2 Å². The van der Waals surface area contributed by atoms with Crippen LogP contribution in [0.5, 0.6) is 0 Å². The maximum absolute atomic E-state index is 5.85. The lowest BCUT2D eigenvalue weighted by molar-refractivity contribution is 0.816. The van der Waals surface area contributed by atoms with Crippen LogP contribution in [0.15, 0.2) is 41.8 Å². The fourth-order valence-corrected chi connectivity index (χ4v) is 2.59. The Bertz CT molecular complexity index is 460. The molecule has 0 aliphatic carbocycles. The van der Waals surface area contributed by atoms with Crippen molar-refractivity contribution >= 4 is 17.0 Å². The first kappa shape index (κ1) is 13.1. The van der Waals surface area contributed by atoms with Crippen molar-refractivity contribution in [3.63, 3.8) is 0 Å². The van der Waals surface area contributed by atoms with Crippen LogP contribution < -0.4 is 10.6 Å². The van der Waals surface area contributed by atoms with Crippen LogP contribution in [0.3, 0.4) is 0 Å². The summed E-state index contributed by atoms with van der Waals surface area (Å²) in [5.74, 6) is 0. The number of likely N-dealkylation sites (N-methyl/N-ethyl adjacent to an activating group) is 1. The summed E-state index contributed by atoms with van der Waals surface area (Å²) in [4.78, 5) is 3.72. The molecular weight excluding hydrogens is 240 g/mol. The Labute approximate surface area is 113 Å². The molecule has 1 aromatic heterocycles. The topological polar surface area (TPSA) is 29.3 Å². The average Bonchev–Trinajstić information content (AvgIpc) is 2.89.